The molecule has 0 aliphatic carbocycles. The van der Waals surface area contributed by atoms with Gasteiger partial charge in [0.1, 0.15) is 6.61 Å². The third-order valence-corrected chi connectivity index (χ3v) is 14.2. The summed E-state index contributed by atoms with van der Waals surface area (Å²) in [6.45, 7) is 4.03. The van der Waals surface area contributed by atoms with Crippen molar-refractivity contribution in [1.82, 2.24) is 0 Å². The fourth-order valence-electron chi connectivity index (χ4n) is 9.38. The van der Waals surface area contributed by atoms with Crippen molar-refractivity contribution in [3.05, 3.63) is 85.1 Å². The molecule has 1 unspecified atom stereocenters. The number of carbonyl (C=O) groups excluding carboxylic acids is 2. The highest BCUT2D eigenvalue weighted by Gasteiger charge is 2.16. The molecular formula is C69H122O5. The van der Waals surface area contributed by atoms with E-state index in [4.69, 9.17) is 9.47 Å². The summed E-state index contributed by atoms with van der Waals surface area (Å²) in [4.78, 5) is 24.6. The standard InChI is InChI=1S/C69H122O5/c1-3-5-7-9-11-13-15-17-19-21-23-24-25-26-27-28-29-30-31-32-33-34-35-36-37-38-39-40-41-42-43-44-46-48-50-52-54-56-58-60-62-64-69(72)74-67(65-70)66-73-68(71)63-61-59-57-55-53-51-49-47-45-22-20-18-16-14-12-10-8-6-4-2/h5,7,11-14,17-20,23-24,26-27,67,70H,3-4,6,8-10,15-16,21-22,25,28-66H2,1-2H3/b7-5-,13-11-,14-12-,19-17-,20-18-,24-23-,27-26-. The van der Waals surface area contributed by atoms with Crippen LogP contribution in [-0.4, -0.2) is 36.4 Å². The van der Waals surface area contributed by atoms with Gasteiger partial charge in [-0.2, -0.15) is 0 Å². The quantitative estimate of drug-likeness (QED) is 0.0373. The molecule has 0 aliphatic rings. The first kappa shape index (κ1) is 71.1. The molecule has 1 N–H and O–H groups in total. The molecule has 0 aromatic carbocycles. The van der Waals surface area contributed by atoms with Crippen molar-refractivity contribution < 1.29 is 24.2 Å². The molecule has 0 amide bonds. The highest BCUT2D eigenvalue weighted by atomic mass is 16.6. The summed E-state index contributed by atoms with van der Waals surface area (Å²) < 4.78 is 10.7. The maximum atomic E-state index is 12.3. The van der Waals surface area contributed by atoms with E-state index in [2.05, 4.69) is 98.9 Å². The van der Waals surface area contributed by atoms with Gasteiger partial charge in [-0.3, -0.25) is 9.59 Å². The van der Waals surface area contributed by atoms with E-state index in [1.54, 1.807) is 0 Å². The summed E-state index contributed by atoms with van der Waals surface area (Å²) in [6, 6.07) is 0. The average Bonchev–Trinajstić information content (AvgIpc) is 3.40. The van der Waals surface area contributed by atoms with E-state index < -0.39 is 6.10 Å². The number of hydrogen-bond donors (Lipinski definition) is 1. The molecule has 74 heavy (non-hydrogen) atoms. The van der Waals surface area contributed by atoms with Gasteiger partial charge in [0, 0.05) is 12.8 Å². The highest BCUT2D eigenvalue weighted by Crippen LogP contribution is 2.18. The zero-order chi connectivity index (χ0) is 53.4. The van der Waals surface area contributed by atoms with Gasteiger partial charge >= 0.3 is 11.9 Å². The highest BCUT2D eigenvalue weighted by molar-refractivity contribution is 5.70. The van der Waals surface area contributed by atoms with Gasteiger partial charge in [0.15, 0.2) is 6.10 Å². The number of unbranched alkanes of at least 4 members (excludes halogenated alkanes) is 37. The van der Waals surface area contributed by atoms with Crippen LogP contribution in [0.3, 0.4) is 0 Å². The molecule has 0 heterocycles. The summed E-state index contributed by atoms with van der Waals surface area (Å²) in [7, 11) is 0. The molecule has 5 heteroatoms. The second-order valence-electron chi connectivity index (χ2n) is 21.5. The summed E-state index contributed by atoms with van der Waals surface area (Å²) in [5, 5.41) is 9.67. The van der Waals surface area contributed by atoms with Crippen molar-refractivity contribution in [3.8, 4) is 0 Å². The van der Waals surface area contributed by atoms with Crippen LogP contribution in [0.1, 0.15) is 322 Å². The second kappa shape index (κ2) is 64.4. The number of aliphatic hydroxyl groups excluding tert-OH is 1. The normalized spacial score (nSPS) is 12.7. The average molecular weight is 1030 g/mol. The topological polar surface area (TPSA) is 72.8 Å². The minimum atomic E-state index is -0.775. The number of esters is 2. The third kappa shape index (κ3) is 61.6. The van der Waals surface area contributed by atoms with Crippen LogP contribution in [0.25, 0.3) is 0 Å². The molecule has 0 saturated heterocycles. The van der Waals surface area contributed by atoms with Gasteiger partial charge < -0.3 is 14.6 Å². The van der Waals surface area contributed by atoms with Gasteiger partial charge in [-0.05, 0) is 89.9 Å². The molecule has 1 atom stereocenters. The fourth-order valence-corrected chi connectivity index (χ4v) is 9.38. The molecule has 0 radical (unpaired) electrons. The maximum absolute atomic E-state index is 12.3. The molecule has 0 aliphatic heterocycles. The van der Waals surface area contributed by atoms with E-state index in [1.165, 1.54) is 218 Å². The Bertz CT molecular complexity index is 1350. The van der Waals surface area contributed by atoms with Crippen LogP contribution < -0.4 is 0 Å². The molecule has 0 bridgehead atoms. The number of hydrogen-bond acceptors (Lipinski definition) is 5. The number of ether oxygens (including phenoxy) is 2. The Morgan fingerprint density at radius 2 is 0.581 bits per heavy atom. The Morgan fingerprint density at radius 1 is 0.324 bits per heavy atom. The van der Waals surface area contributed by atoms with Gasteiger partial charge in [-0.1, -0.05) is 304 Å². The van der Waals surface area contributed by atoms with E-state index in [9.17, 15) is 14.7 Å². The zero-order valence-electron chi connectivity index (χ0n) is 49.1. The lowest BCUT2D eigenvalue weighted by Gasteiger charge is -2.15. The smallest absolute Gasteiger partial charge is 0.306 e. The Balaban J connectivity index is 3.40. The molecule has 0 spiro atoms. The van der Waals surface area contributed by atoms with Gasteiger partial charge in [-0.15, -0.1) is 0 Å². The Labute approximate surface area is 460 Å². The minimum Gasteiger partial charge on any atom is -0.462 e. The number of rotatable bonds is 59. The minimum absolute atomic E-state index is 0.0662. The second-order valence-corrected chi connectivity index (χ2v) is 21.5. The summed E-state index contributed by atoms with van der Waals surface area (Å²) in [6.07, 6.45) is 90.3. The van der Waals surface area contributed by atoms with Gasteiger partial charge in [0.25, 0.3) is 0 Å². The van der Waals surface area contributed by atoms with Crippen LogP contribution in [0.2, 0.25) is 0 Å². The van der Waals surface area contributed by atoms with Crippen molar-refractivity contribution in [2.45, 2.75) is 328 Å². The fraction of sp³-hybridized carbons (Fsp3) is 0.768. The van der Waals surface area contributed by atoms with Crippen LogP contribution >= 0.6 is 0 Å². The predicted molar refractivity (Wildman–Crippen MR) is 325 cm³/mol. The van der Waals surface area contributed by atoms with Crippen LogP contribution in [0.5, 0.6) is 0 Å². The van der Waals surface area contributed by atoms with Crippen molar-refractivity contribution in [2.24, 2.45) is 0 Å². The third-order valence-electron chi connectivity index (χ3n) is 14.2. The molecule has 0 aromatic heterocycles. The SMILES string of the molecule is CC/C=C\C/C=C\C/C=C\C/C=C\C/C=C\CCCCCCCCCCCCCCCCCCCCCCCCCCCC(=O)OC(CO)COC(=O)CCCCCCCCCCC/C=C\C/C=C\CCCCC. The van der Waals surface area contributed by atoms with Gasteiger partial charge in [0.05, 0.1) is 6.61 Å². The Kier molecular flexibility index (Phi) is 61.8. The van der Waals surface area contributed by atoms with Crippen molar-refractivity contribution in [3.63, 3.8) is 0 Å². The predicted octanol–water partition coefficient (Wildman–Crippen LogP) is 22.1. The Hall–Kier alpha value is -2.92. The molecule has 0 saturated carbocycles. The zero-order valence-corrected chi connectivity index (χ0v) is 49.1. The lowest BCUT2D eigenvalue weighted by Crippen LogP contribution is -2.28. The summed E-state index contributed by atoms with van der Waals surface area (Å²) >= 11 is 0. The van der Waals surface area contributed by atoms with Crippen molar-refractivity contribution in [1.29, 1.82) is 0 Å². The van der Waals surface area contributed by atoms with E-state index >= 15 is 0 Å². The maximum Gasteiger partial charge on any atom is 0.306 e. The summed E-state index contributed by atoms with van der Waals surface area (Å²) in [5.74, 6) is -0.582. The molecule has 0 rings (SSSR count). The van der Waals surface area contributed by atoms with Crippen LogP contribution in [0.4, 0.5) is 0 Å². The van der Waals surface area contributed by atoms with Gasteiger partial charge in [-0.25, -0.2) is 0 Å². The molecule has 5 nitrogen and oxygen atoms in total. The lowest BCUT2D eigenvalue weighted by molar-refractivity contribution is -0.161. The van der Waals surface area contributed by atoms with E-state index in [0.717, 1.165) is 77.0 Å². The van der Waals surface area contributed by atoms with E-state index in [0.29, 0.717) is 12.8 Å². The van der Waals surface area contributed by atoms with E-state index in [-0.39, 0.29) is 25.2 Å². The number of allylic oxidation sites excluding steroid dienone is 14. The number of aliphatic hydroxyl groups is 1. The van der Waals surface area contributed by atoms with Crippen molar-refractivity contribution in [2.75, 3.05) is 13.2 Å². The van der Waals surface area contributed by atoms with Crippen LogP contribution in [0.15, 0.2) is 85.1 Å². The molecule has 0 aromatic rings. The van der Waals surface area contributed by atoms with Crippen LogP contribution in [0, 0.1) is 0 Å². The van der Waals surface area contributed by atoms with Gasteiger partial charge in [0.2, 0.25) is 0 Å². The first-order valence-electron chi connectivity index (χ1n) is 32.1. The number of carbonyl (C=O) groups is 2. The molecule has 0 fully saturated rings. The molecule has 428 valence electrons. The summed E-state index contributed by atoms with van der Waals surface area (Å²) in [5.41, 5.74) is 0. The first-order chi connectivity index (χ1) is 36.6. The van der Waals surface area contributed by atoms with E-state index in [1.807, 2.05) is 0 Å². The largest absolute Gasteiger partial charge is 0.462 e. The Morgan fingerprint density at radius 3 is 0.878 bits per heavy atom. The molecular weight excluding hydrogens is 909 g/mol. The lowest BCUT2D eigenvalue weighted by atomic mass is 10.0. The first-order valence-corrected chi connectivity index (χ1v) is 32.1. The van der Waals surface area contributed by atoms with Crippen molar-refractivity contribution >= 4 is 11.9 Å². The van der Waals surface area contributed by atoms with Crippen LogP contribution in [-0.2, 0) is 19.1 Å². The monoisotopic (exact) mass is 1030 g/mol.